The van der Waals surface area contributed by atoms with Gasteiger partial charge < -0.3 is 9.84 Å². The number of aliphatic hydroxyl groups excluding tert-OH is 1. The molecule has 1 heterocycles. The summed E-state index contributed by atoms with van der Waals surface area (Å²) in [6.07, 6.45) is 3.05. The molecular formula is C19H28FNO2. The number of ether oxygens (including phenoxy) is 1. The lowest BCUT2D eigenvalue weighted by atomic mass is 9.65. The van der Waals surface area contributed by atoms with Crippen LogP contribution < -0.4 is 4.74 Å². The van der Waals surface area contributed by atoms with Crippen LogP contribution in [-0.2, 0) is 0 Å². The zero-order valence-corrected chi connectivity index (χ0v) is 14.4. The minimum absolute atomic E-state index is 0.129. The SMILES string of the molecule is CC1(C)C[C@H]2C[C@](C)(CN2C[C@@H](O)COc2ccccc2F)C1. The molecule has 2 fully saturated rings. The normalized spacial score (nSPS) is 31.1. The summed E-state index contributed by atoms with van der Waals surface area (Å²) in [6, 6.07) is 6.87. The molecule has 3 atom stereocenters. The summed E-state index contributed by atoms with van der Waals surface area (Å²) in [7, 11) is 0. The van der Waals surface area contributed by atoms with Gasteiger partial charge in [-0.3, -0.25) is 4.90 Å². The molecule has 128 valence electrons. The molecule has 1 aliphatic heterocycles. The van der Waals surface area contributed by atoms with E-state index < -0.39 is 6.10 Å². The fourth-order valence-corrected chi connectivity index (χ4v) is 4.86. The molecule has 2 bridgehead atoms. The number of rotatable bonds is 5. The van der Waals surface area contributed by atoms with Gasteiger partial charge in [0.25, 0.3) is 0 Å². The minimum atomic E-state index is -0.597. The average molecular weight is 321 g/mol. The van der Waals surface area contributed by atoms with Gasteiger partial charge in [0, 0.05) is 19.1 Å². The molecule has 1 saturated carbocycles. The van der Waals surface area contributed by atoms with Gasteiger partial charge in [0.15, 0.2) is 11.6 Å². The van der Waals surface area contributed by atoms with E-state index in [2.05, 4.69) is 25.7 Å². The van der Waals surface area contributed by atoms with Crippen LogP contribution in [0.5, 0.6) is 5.75 Å². The lowest BCUT2D eigenvalue weighted by Gasteiger charge is -2.40. The Kier molecular flexibility index (Phi) is 4.41. The number of benzene rings is 1. The predicted molar refractivity (Wildman–Crippen MR) is 89.0 cm³/mol. The molecule has 1 aliphatic carbocycles. The van der Waals surface area contributed by atoms with E-state index in [9.17, 15) is 9.50 Å². The maximum Gasteiger partial charge on any atom is 0.165 e. The molecular weight excluding hydrogens is 293 g/mol. The van der Waals surface area contributed by atoms with Crippen molar-refractivity contribution in [1.82, 2.24) is 4.90 Å². The number of aliphatic hydroxyl groups is 1. The number of hydrogen-bond donors (Lipinski definition) is 1. The molecule has 23 heavy (non-hydrogen) atoms. The molecule has 3 rings (SSSR count). The maximum atomic E-state index is 13.5. The van der Waals surface area contributed by atoms with Gasteiger partial charge in [-0.05, 0) is 42.2 Å². The van der Waals surface area contributed by atoms with Crippen molar-refractivity contribution in [2.24, 2.45) is 10.8 Å². The fourth-order valence-electron chi connectivity index (χ4n) is 4.86. The van der Waals surface area contributed by atoms with Gasteiger partial charge in [-0.15, -0.1) is 0 Å². The maximum absolute atomic E-state index is 13.5. The Morgan fingerprint density at radius 2 is 2.04 bits per heavy atom. The summed E-state index contributed by atoms with van der Waals surface area (Å²) in [5.74, 6) is -0.175. The number of β-amino-alcohol motifs (C(OH)–C–C–N with tert-alkyl or cyclic N) is 1. The van der Waals surface area contributed by atoms with Crippen LogP contribution in [-0.4, -0.2) is 41.8 Å². The van der Waals surface area contributed by atoms with Crippen LogP contribution >= 0.6 is 0 Å². The highest BCUT2D eigenvalue weighted by atomic mass is 19.1. The Hall–Kier alpha value is -1.13. The molecule has 1 aromatic rings. The van der Waals surface area contributed by atoms with Crippen LogP contribution in [0, 0.1) is 16.6 Å². The molecule has 4 heteroatoms. The van der Waals surface area contributed by atoms with Crippen molar-refractivity contribution < 1.29 is 14.2 Å². The number of fused-ring (bicyclic) bond motifs is 2. The van der Waals surface area contributed by atoms with E-state index in [-0.39, 0.29) is 18.2 Å². The Morgan fingerprint density at radius 3 is 2.78 bits per heavy atom. The first-order valence-corrected chi connectivity index (χ1v) is 8.56. The summed E-state index contributed by atoms with van der Waals surface area (Å²) in [4.78, 5) is 2.41. The van der Waals surface area contributed by atoms with Gasteiger partial charge in [-0.1, -0.05) is 32.9 Å². The highest BCUT2D eigenvalue weighted by Gasteiger charge is 2.49. The molecule has 0 amide bonds. The highest BCUT2D eigenvalue weighted by molar-refractivity contribution is 5.23. The van der Waals surface area contributed by atoms with Crippen molar-refractivity contribution in [2.75, 3.05) is 19.7 Å². The van der Waals surface area contributed by atoms with Crippen LogP contribution in [0.3, 0.4) is 0 Å². The number of para-hydroxylation sites is 1. The van der Waals surface area contributed by atoms with E-state index in [0.717, 1.165) is 6.54 Å². The molecule has 0 unspecified atom stereocenters. The number of likely N-dealkylation sites (tertiary alicyclic amines) is 1. The van der Waals surface area contributed by atoms with Gasteiger partial charge in [0.05, 0.1) is 0 Å². The smallest absolute Gasteiger partial charge is 0.165 e. The lowest BCUT2D eigenvalue weighted by Crippen LogP contribution is -2.39. The predicted octanol–water partition coefficient (Wildman–Crippen LogP) is 3.47. The van der Waals surface area contributed by atoms with E-state index >= 15 is 0 Å². The summed E-state index contributed by atoms with van der Waals surface area (Å²) < 4.78 is 19.0. The zero-order valence-electron chi connectivity index (χ0n) is 14.4. The van der Waals surface area contributed by atoms with Crippen LogP contribution in [0.4, 0.5) is 4.39 Å². The van der Waals surface area contributed by atoms with Crippen molar-refractivity contribution >= 4 is 0 Å². The summed E-state index contributed by atoms with van der Waals surface area (Å²) >= 11 is 0. The summed E-state index contributed by atoms with van der Waals surface area (Å²) in [6.45, 7) is 8.83. The molecule has 1 aromatic carbocycles. The van der Waals surface area contributed by atoms with Crippen LogP contribution in [0.15, 0.2) is 24.3 Å². The Morgan fingerprint density at radius 1 is 1.30 bits per heavy atom. The third-order valence-electron chi connectivity index (χ3n) is 5.24. The number of hydrogen-bond acceptors (Lipinski definition) is 3. The van der Waals surface area contributed by atoms with Crippen LogP contribution in [0.2, 0.25) is 0 Å². The third-order valence-corrected chi connectivity index (χ3v) is 5.24. The summed E-state index contributed by atoms with van der Waals surface area (Å²) in [5.41, 5.74) is 0.736. The molecule has 3 nitrogen and oxygen atoms in total. The third kappa shape index (κ3) is 3.86. The van der Waals surface area contributed by atoms with E-state index in [1.807, 2.05) is 0 Å². The molecule has 0 radical (unpaired) electrons. The Labute approximate surface area is 138 Å². The van der Waals surface area contributed by atoms with Crippen molar-refractivity contribution in [3.8, 4) is 5.75 Å². The molecule has 2 aliphatic rings. The van der Waals surface area contributed by atoms with Crippen LogP contribution in [0.25, 0.3) is 0 Å². The van der Waals surface area contributed by atoms with Crippen molar-refractivity contribution in [2.45, 2.75) is 52.2 Å². The fraction of sp³-hybridized carbons (Fsp3) is 0.684. The van der Waals surface area contributed by atoms with Crippen LogP contribution in [0.1, 0.15) is 40.0 Å². The quantitative estimate of drug-likeness (QED) is 0.901. The molecule has 0 spiro atoms. The average Bonchev–Trinajstić information content (AvgIpc) is 2.66. The van der Waals surface area contributed by atoms with E-state index in [1.54, 1.807) is 18.2 Å². The van der Waals surface area contributed by atoms with Crippen molar-refractivity contribution in [3.05, 3.63) is 30.1 Å². The largest absolute Gasteiger partial charge is 0.488 e. The van der Waals surface area contributed by atoms with Gasteiger partial charge >= 0.3 is 0 Å². The van der Waals surface area contributed by atoms with Gasteiger partial charge in [0.1, 0.15) is 12.7 Å². The monoisotopic (exact) mass is 321 g/mol. The second-order valence-electron chi connectivity index (χ2n) is 8.54. The van der Waals surface area contributed by atoms with E-state index in [4.69, 9.17) is 4.74 Å². The number of halogens is 1. The molecule has 0 aromatic heterocycles. The topological polar surface area (TPSA) is 32.7 Å². The first-order chi connectivity index (χ1) is 10.8. The Balaban J connectivity index is 1.55. The second-order valence-corrected chi connectivity index (χ2v) is 8.54. The highest BCUT2D eigenvalue weighted by Crippen LogP contribution is 2.52. The first-order valence-electron chi connectivity index (χ1n) is 8.56. The zero-order chi connectivity index (χ0) is 16.7. The van der Waals surface area contributed by atoms with E-state index in [0.29, 0.717) is 23.4 Å². The van der Waals surface area contributed by atoms with Crippen molar-refractivity contribution in [3.63, 3.8) is 0 Å². The number of nitrogens with zero attached hydrogens (tertiary/aromatic N) is 1. The van der Waals surface area contributed by atoms with Gasteiger partial charge in [0.2, 0.25) is 0 Å². The molecule has 1 saturated heterocycles. The molecule has 1 N–H and O–H groups in total. The summed E-state index contributed by atoms with van der Waals surface area (Å²) in [5, 5.41) is 10.3. The van der Waals surface area contributed by atoms with E-state index in [1.165, 1.54) is 25.3 Å². The Bertz CT molecular complexity index is 562. The first kappa shape index (κ1) is 16.7. The lowest BCUT2D eigenvalue weighted by molar-refractivity contribution is 0.0573. The van der Waals surface area contributed by atoms with Crippen molar-refractivity contribution in [1.29, 1.82) is 0 Å². The minimum Gasteiger partial charge on any atom is -0.488 e. The standard InChI is InChI=1S/C19H28FNO2/c1-18(2)8-14-9-19(3,12-18)13-21(14)10-15(22)11-23-17-7-5-4-6-16(17)20/h4-7,14-15,22H,8-13H2,1-3H3/t14-,15+,19-/m0/s1. The second kappa shape index (κ2) is 6.06. The van der Waals surface area contributed by atoms with Gasteiger partial charge in [-0.2, -0.15) is 0 Å². The van der Waals surface area contributed by atoms with Gasteiger partial charge in [-0.25, -0.2) is 4.39 Å².